The van der Waals surface area contributed by atoms with Crippen LogP contribution >= 0.6 is 0 Å². The maximum absolute atomic E-state index is 14.3. The number of pyridine rings is 2. The zero-order chi connectivity index (χ0) is 20.8. The number of carbonyl (C=O) groups is 1. The number of carbonyl (C=O) groups excluding carboxylic acids is 1. The summed E-state index contributed by atoms with van der Waals surface area (Å²) in [5.41, 5.74) is 4.04. The molecule has 0 saturated carbocycles. The van der Waals surface area contributed by atoms with Gasteiger partial charge in [0.25, 0.3) is 0 Å². The second-order valence-corrected chi connectivity index (χ2v) is 8.01. The molecule has 5 heteroatoms. The number of benzene rings is 2. The Balaban J connectivity index is 1.58. The first-order valence-electron chi connectivity index (χ1n) is 10.3. The van der Waals surface area contributed by atoms with Gasteiger partial charge in [0.2, 0.25) is 5.91 Å². The standard InChI is InChI=1S/C26H19N3O2/c30-25-26(16-18-8-12-27-13-9-18,17-19-10-14-28-15-11-19)20-4-3-7-23-24(20)29(25)21-5-1-2-6-22(21)31-23/h1-15H,16-17H2. The fraction of sp³-hybridized carbons (Fsp3) is 0.115. The van der Waals surface area contributed by atoms with Crippen LogP contribution in [0.25, 0.3) is 0 Å². The largest absolute Gasteiger partial charge is 0.453 e. The van der Waals surface area contributed by atoms with Crippen molar-refractivity contribution in [1.29, 1.82) is 0 Å². The van der Waals surface area contributed by atoms with Gasteiger partial charge in [0.15, 0.2) is 11.5 Å². The Hall–Kier alpha value is -3.99. The van der Waals surface area contributed by atoms with E-state index in [-0.39, 0.29) is 5.91 Å². The number of hydrogen-bond acceptors (Lipinski definition) is 4. The molecule has 2 aromatic carbocycles. The first-order valence-corrected chi connectivity index (χ1v) is 10.3. The molecule has 2 aromatic heterocycles. The van der Waals surface area contributed by atoms with Gasteiger partial charge in [-0.05, 0) is 72.0 Å². The Labute approximate surface area is 180 Å². The third kappa shape index (κ3) is 2.66. The molecule has 0 saturated heterocycles. The zero-order valence-corrected chi connectivity index (χ0v) is 16.7. The van der Waals surface area contributed by atoms with Gasteiger partial charge in [-0.25, -0.2) is 0 Å². The molecule has 4 aromatic rings. The minimum Gasteiger partial charge on any atom is -0.453 e. The van der Waals surface area contributed by atoms with Gasteiger partial charge in [0.1, 0.15) is 0 Å². The number of rotatable bonds is 4. The summed E-state index contributed by atoms with van der Waals surface area (Å²) in [5.74, 6) is 1.49. The van der Waals surface area contributed by atoms with E-state index in [0.717, 1.165) is 33.8 Å². The maximum atomic E-state index is 14.3. The van der Waals surface area contributed by atoms with Crippen LogP contribution in [0.3, 0.4) is 0 Å². The lowest BCUT2D eigenvalue weighted by molar-refractivity contribution is -0.122. The molecule has 0 N–H and O–H groups in total. The lowest BCUT2D eigenvalue weighted by Gasteiger charge is -2.30. The van der Waals surface area contributed by atoms with Crippen molar-refractivity contribution < 1.29 is 9.53 Å². The van der Waals surface area contributed by atoms with Crippen LogP contribution in [-0.4, -0.2) is 15.9 Å². The van der Waals surface area contributed by atoms with Crippen LogP contribution in [0.4, 0.5) is 11.4 Å². The number of nitrogens with zero attached hydrogens (tertiary/aromatic N) is 3. The average molecular weight is 405 g/mol. The predicted molar refractivity (Wildman–Crippen MR) is 118 cm³/mol. The molecule has 0 radical (unpaired) electrons. The predicted octanol–water partition coefficient (Wildman–Crippen LogP) is 4.98. The molecule has 5 nitrogen and oxygen atoms in total. The van der Waals surface area contributed by atoms with Crippen LogP contribution in [-0.2, 0) is 23.1 Å². The highest BCUT2D eigenvalue weighted by Crippen LogP contribution is 2.57. The van der Waals surface area contributed by atoms with E-state index in [1.54, 1.807) is 24.8 Å². The monoisotopic (exact) mass is 405 g/mol. The number of anilines is 2. The maximum Gasteiger partial charge on any atom is 0.243 e. The minimum absolute atomic E-state index is 0.0688. The van der Waals surface area contributed by atoms with Crippen molar-refractivity contribution in [3.8, 4) is 11.5 Å². The van der Waals surface area contributed by atoms with Gasteiger partial charge in [0.05, 0.1) is 16.8 Å². The number of ether oxygens (including phenoxy) is 1. The van der Waals surface area contributed by atoms with E-state index in [2.05, 4.69) is 16.0 Å². The van der Waals surface area contributed by atoms with Gasteiger partial charge in [-0.1, -0.05) is 24.3 Å². The summed E-state index contributed by atoms with van der Waals surface area (Å²) in [6.07, 6.45) is 8.26. The summed E-state index contributed by atoms with van der Waals surface area (Å²) in [6.45, 7) is 0. The van der Waals surface area contributed by atoms with Crippen LogP contribution in [0.2, 0.25) is 0 Å². The van der Waals surface area contributed by atoms with Crippen LogP contribution in [0.5, 0.6) is 11.5 Å². The summed E-state index contributed by atoms with van der Waals surface area (Å²) in [4.78, 5) is 24.5. The third-order valence-corrected chi connectivity index (χ3v) is 6.19. The normalized spacial score (nSPS) is 15.2. The molecule has 0 fully saturated rings. The lowest BCUT2D eigenvalue weighted by Crippen LogP contribution is -2.42. The lowest BCUT2D eigenvalue weighted by atomic mass is 9.72. The van der Waals surface area contributed by atoms with Crippen molar-refractivity contribution in [3.63, 3.8) is 0 Å². The number of aromatic nitrogens is 2. The molecular weight excluding hydrogens is 386 g/mol. The van der Waals surface area contributed by atoms with E-state index in [1.807, 2.05) is 65.6 Å². The second kappa shape index (κ2) is 6.77. The number of para-hydroxylation sites is 3. The molecule has 0 spiro atoms. The van der Waals surface area contributed by atoms with Gasteiger partial charge in [-0.2, -0.15) is 0 Å². The Kier molecular flexibility index (Phi) is 3.90. The third-order valence-electron chi connectivity index (χ3n) is 6.19. The minimum atomic E-state index is -0.755. The number of amides is 1. The Morgan fingerprint density at radius 3 is 2.03 bits per heavy atom. The summed E-state index contributed by atoms with van der Waals surface area (Å²) >= 11 is 0. The van der Waals surface area contributed by atoms with E-state index in [1.165, 1.54) is 0 Å². The molecule has 1 amide bonds. The van der Waals surface area contributed by atoms with Gasteiger partial charge in [-0.3, -0.25) is 19.7 Å². The second-order valence-electron chi connectivity index (χ2n) is 8.01. The Morgan fingerprint density at radius 1 is 0.742 bits per heavy atom. The van der Waals surface area contributed by atoms with Crippen molar-refractivity contribution in [1.82, 2.24) is 9.97 Å². The molecule has 31 heavy (non-hydrogen) atoms. The molecule has 0 aliphatic carbocycles. The van der Waals surface area contributed by atoms with Gasteiger partial charge in [-0.15, -0.1) is 0 Å². The Morgan fingerprint density at radius 2 is 1.35 bits per heavy atom. The zero-order valence-electron chi connectivity index (χ0n) is 16.7. The quantitative estimate of drug-likeness (QED) is 0.480. The highest BCUT2D eigenvalue weighted by Gasteiger charge is 2.54. The SMILES string of the molecule is O=C1N2c3ccccc3Oc3cccc(c32)C1(Cc1ccncc1)Cc1ccncc1. The van der Waals surface area contributed by atoms with Crippen molar-refractivity contribution >= 4 is 17.3 Å². The van der Waals surface area contributed by atoms with Crippen molar-refractivity contribution in [2.75, 3.05) is 4.90 Å². The van der Waals surface area contributed by atoms with Crippen molar-refractivity contribution in [2.45, 2.75) is 18.3 Å². The van der Waals surface area contributed by atoms with Gasteiger partial charge >= 0.3 is 0 Å². The number of fused-ring (bicyclic) bond motifs is 2. The van der Waals surface area contributed by atoms with E-state index in [9.17, 15) is 4.79 Å². The highest BCUT2D eigenvalue weighted by atomic mass is 16.5. The summed E-state index contributed by atoms with van der Waals surface area (Å²) in [6, 6.07) is 21.6. The topological polar surface area (TPSA) is 55.3 Å². The molecule has 0 atom stereocenters. The van der Waals surface area contributed by atoms with E-state index >= 15 is 0 Å². The first kappa shape index (κ1) is 17.8. The number of hydrogen-bond donors (Lipinski definition) is 0. The Bertz CT molecular complexity index is 1250. The molecule has 0 bridgehead atoms. The fourth-order valence-electron chi connectivity index (χ4n) is 4.83. The smallest absolute Gasteiger partial charge is 0.243 e. The van der Waals surface area contributed by atoms with Crippen LogP contribution in [0.15, 0.2) is 91.5 Å². The van der Waals surface area contributed by atoms with E-state index < -0.39 is 5.41 Å². The summed E-state index contributed by atoms with van der Waals surface area (Å²) in [7, 11) is 0. The van der Waals surface area contributed by atoms with E-state index in [4.69, 9.17) is 4.74 Å². The average Bonchev–Trinajstić information content (AvgIpc) is 3.05. The molecule has 0 unspecified atom stereocenters. The fourth-order valence-corrected chi connectivity index (χ4v) is 4.83. The molecular formula is C26H19N3O2. The molecule has 4 heterocycles. The van der Waals surface area contributed by atoms with E-state index in [0.29, 0.717) is 18.6 Å². The van der Waals surface area contributed by atoms with Crippen LogP contribution < -0.4 is 9.64 Å². The van der Waals surface area contributed by atoms with Crippen LogP contribution in [0.1, 0.15) is 16.7 Å². The first-order chi connectivity index (χ1) is 15.3. The highest BCUT2D eigenvalue weighted by molar-refractivity contribution is 6.16. The summed E-state index contributed by atoms with van der Waals surface area (Å²) in [5, 5.41) is 0. The summed E-state index contributed by atoms with van der Waals surface area (Å²) < 4.78 is 6.20. The molecule has 6 rings (SSSR count). The van der Waals surface area contributed by atoms with Crippen molar-refractivity contribution in [3.05, 3.63) is 108 Å². The molecule has 150 valence electrons. The molecule has 2 aliphatic rings. The molecule has 2 aliphatic heterocycles. The van der Waals surface area contributed by atoms with Gasteiger partial charge < -0.3 is 4.74 Å². The van der Waals surface area contributed by atoms with Gasteiger partial charge in [0, 0.05) is 24.8 Å². The van der Waals surface area contributed by atoms with Crippen LogP contribution in [0, 0.1) is 0 Å². The van der Waals surface area contributed by atoms with Crippen molar-refractivity contribution in [2.24, 2.45) is 0 Å².